The molecular weight excluding hydrogens is 376 g/mol. The van der Waals surface area contributed by atoms with E-state index in [-0.39, 0.29) is 12.4 Å². The van der Waals surface area contributed by atoms with E-state index in [2.05, 4.69) is 10.9 Å². The second-order valence-electron chi connectivity index (χ2n) is 5.54. The number of hydrogen-bond donors (Lipinski definition) is 2. The summed E-state index contributed by atoms with van der Waals surface area (Å²) in [6.07, 6.45) is 1.33. The minimum Gasteiger partial charge on any atom is -0.486 e. The highest BCUT2D eigenvalue weighted by molar-refractivity contribution is 8.02. The van der Waals surface area contributed by atoms with E-state index in [1.54, 1.807) is 11.5 Å². The summed E-state index contributed by atoms with van der Waals surface area (Å²) in [5, 5.41) is 1.64. The monoisotopic (exact) mass is 394 g/mol. The first-order chi connectivity index (χ1) is 13.7. The zero-order chi connectivity index (χ0) is 19.6. The molecule has 2 aromatic carbocycles. The fourth-order valence-electron chi connectivity index (χ4n) is 2.14. The molecule has 0 saturated heterocycles. The number of nitrogens with one attached hydrogen (secondary N) is 2. The highest BCUT2D eigenvalue weighted by Crippen LogP contribution is 2.17. The quantitative estimate of drug-likeness (QED) is 0.361. The van der Waals surface area contributed by atoms with Crippen molar-refractivity contribution in [1.82, 2.24) is 10.9 Å². The molecule has 1 heterocycles. The molecule has 0 saturated carbocycles. The number of hydrazine groups is 1. The average Bonchev–Trinajstić information content (AvgIpc) is 3.21. The van der Waals surface area contributed by atoms with Crippen LogP contribution in [0.4, 0.5) is 0 Å². The van der Waals surface area contributed by atoms with Crippen LogP contribution in [0.5, 0.6) is 5.75 Å². The Morgan fingerprint density at radius 2 is 1.64 bits per heavy atom. The Morgan fingerprint density at radius 1 is 0.929 bits per heavy atom. The molecule has 142 valence electrons. The van der Waals surface area contributed by atoms with Gasteiger partial charge in [-0.15, -0.1) is 0 Å². The van der Waals surface area contributed by atoms with Crippen molar-refractivity contribution in [1.29, 1.82) is 0 Å². The predicted octanol–water partition coefficient (Wildman–Crippen LogP) is 3.93. The van der Waals surface area contributed by atoms with E-state index in [0.717, 1.165) is 4.90 Å². The Labute approximate surface area is 166 Å². The topological polar surface area (TPSA) is 80.6 Å². The summed E-state index contributed by atoms with van der Waals surface area (Å²) < 4.78 is 11.0. The van der Waals surface area contributed by atoms with Crippen LogP contribution in [0, 0.1) is 0 Å². The normalized spacial score (nSPS) is 10.6. The molecule has 28 heavy (non-hydrogen) atoms. The van der Waals surface area contributed by atoms with Crippen molar-refractivity contribution in [3.8, 4) is 5.75 Å². The first-order valence-corrected chi connectivity index (χ1v) is 9.34. The molecule has 0 radical (unpaired) electrons. The van der Waals surface area contributed by atoms with Gasteiger partial charge in [0.25, 0.3) is 5.91 Å². The summed E-state index contributed by atoms with van der Waals surface area (Å²) in [6.45, 7) is 0.198. The molecule has 1 aromatic heterocycles. The van der Waals surface area contributed by atoms with Crippen LogP contribution in [0.3, 0.4) is 0 Å². The van der Waals surface area contributed by atoms with E-state index < -0.39 is 11.8 Å². The standard InChI is InChI=1S/C21H18N2O4S/c24-20(13-14-28-18-9-5-2-6-10-18)22-23-21(25)19-12-11-17(27-19)15-26-16-7-3-1-4-8-16/h1-14H,15H2,(H,22,24)(H,23,25)/b14-13+. The number of carbonyl (C=O) groups is 2. The van der Waals surface area contributed by atoms with Crippen molar-refractivity contribution >= 4 is 23.6 Å². The largest absolute Gasteiger partial charge is 0.486 e. The van der Waals surface area contributed by atoms with Crippen LogP contribution >= 0.6 is 11.8 Å². The van der Waals surface area contributed by atoms with Crippen LogP contribution in [0.1, 0.15) is 16.3 Å². The van der Waals surface area contributed by atoms with Gasteiger partial charge in [0, 0.05) is 11.0 Å². The number of ether oxygens (including phenoxy) is 1. The molecule has 6 nitrogen and oxygen atoms in total. The molecule has 0 spiro atoms. The molecular formula is C21H18N2O4S. The van der Waals surface area contributed by atoms with Crippen molar-refractivity contribution in [2.75, 3.05) is 0 Å². The summed E-state index contributed by atoms with van der Waals surface area (Å²) in [5.41, 5.74) is 4.61. The zero-order valence-corrected chi connectivity index (χ0v) is 15.6. The van der Waals surface area contributed by atoms with Gasteiger partial charge in [-0.1, -0.05) is 48.2 Å². The molecule has 7 heteroatoms. The molecule has 0 atom stereocenters. The lowest BCUT2D eigenvalue weighted by atomic mass is 10.3. The van der Waals surface area contributed by atoms with Crippen LogP contribution in [-0.4, -0.2) is 11.8 Å². The smallest absolute Gasteiger partial charge is 0.305 e. The lowest BCUT2D eigenvalue weighted by molar-refractivity contribution is -0.117. The minimum absolute atomic E-state index is 0.0783. The van der Waals surface area contributed by atoms with E-state index in [0.29, 0.717) is 11.5 Å². The maximum absolute atomic E-state index is 12.0. The first kappa shape index (κ1) is 19.3. The molecule has 3 rings (SSSR count). The SMILES string of the molecule is O=C(/C=C/Sc1ccccc1)NNC(=O)c1ccc(COc2ccccc2)o1. The Hall–Kier alpha value is -3.45. The van der Waals surface area contributed by atoms with Gasteiger partial charge in [-0.2, -0.15) is 0 Å². The third-order valence-electron chi connectivity index (χ3n) is 3.48. The molecule has 0 fully saturated rings. The van der Waals surface area contributed by atoms with E-state index in [1.807, 2.05) is 60.7 Å². The first-order valence-electron chi connectivity index (χ1n) is 8.46. The third kappa shape index (κ3) is 6.07. The molecule has 0 bridgehead atoms. The highest BCUT2D eigenvalue weighted by Gasteiger charge is 2.12. The second-order valence-corrected chi connectivity index (χ2v) is 6.52. The van der Waals surface area contributed by atoms with Gasteiger partial charge in [0.2, 0.25) is 0 Å². The number of carbonyl (C=O) groups excluding carboxylic acids is 2. The maximum Gasteiger partial charge on any atom is 0.305 e. The number of hydrogen-bond acceptors (Lipinski definition) is 5. The third-order valence-corrected chi connectivity index (χ3v) is 4.29. The Bertz CT molecular complexity index is 939. The fraction of sp³-hybridized carbons (Fsp3) is 0.0476. The van der Waals surface area contributed by atoms with Gasteiger partial charge < -0.3 is 9.15 Å². The summed E-state index contributed by atoms with van der Waals surface area (Å²) in [5.74, 6) is 0.283. The maximum atomic E-state index is 12.0. The Balaban J connectivity index is 1.42. The van der Waals surface area contributed by atoms with Crippen LogP contribution in [0.15, 0.2) is 93.6 Å². The fourth-order valence-corrected chi connectivity index (χ4v) is 2.81. The lowest BCUT2D eigenvalue weighted by Gasteiger charge is -2.04. The van der Waals surface area contributed by atoms with Crippen molar-refractivity contribution in [3.63, 3.8) is 0 Å². The van der Waals surface area contributed by atoms with Crippen LogP contribution in [-0.2, 0) is 11.4 Å². The molecule has 2 N–H and O–H groups in total. The van der Waals surface area contributed by atoms with E-state index in [9.17, 15) is 9.59 Å². The van der Waals surface area contributed by atoms with Crippen molar-refractivity contribution in [2.45, 2.75) is 11.5 Å². The van der Waals surface area contributed by atoms with Crippen LogP contribution in [0.2, 0.25) is 0 Å². The van der Waals surface area contributed by atoms with Crippen molar-refractivity contribution < 1.29 is 18.7 Å². The average molecular weight is 394 g/mol. The van der Waals surface area contributed by atoms with Gasteiger partial charge in [-0.25, -0.2) is 0 Å². The second kappa shape index (κ2) is 10.0. The molecule has 3 aromatic rings. The van der Waals surface area contributed by atoms with Crippen molar-refractivity contribution in [3.05, 3.63) is 95.8 Å². The Morgan fingerprint density at radius 3 is 2.39 bits per heavy atom. The predicted molar refractivity (Wildman–Crippen MR) is 107 cm³/mol. The zero-order valence-electron chi connectivity index (χ0n) is 14.8. The van der Waals surface area contributed by atoms with Gasteiger partial charge >= 0.3 is 5.91 Å². The molecule has 0 aliphatic heterocycles. The lowest BCUT2D eigenvalue weighted by Crippen LogP contribution is -2.40. The number of para-hydroxylation sites is 1. The molecule has 0 unspecified atom stereocenters. The van der Waals surface area contributed by atoms with Gasteiger partial charge in [0.05, 0.1) is 0 Å². The molecule has 0 aliphatic carbocycles. The van der Waals surface area contributed by atoms with Crippen molar-refractivity contribution in [2.24, 2.45) is 0 Å². The van der Waals surface area contributed by atoms with E-state index in [4.69, 9.17) is 9.15 Å². The van der Waals surface area contributed by atoms with Crippen LogP contribution < -0.4 is 15.6 Å². The van der Waals surface area contributed by atoms with E-state index >= 15 is 0 Å². The van der Waals surface area contributed by atoms with E-state index in [1.165, 1.54) is 23.9 Å². The van der Waals surface area contributed by atoms with Gasteiger partial charge in [-0.05, 0) is 41.8 Å². The number of benzene rings is 2. The highest BCUT2D eigenvalue weighted by atomic mass is 32.2. The van der Waals surface area contributed by atoms with Gasteiger partial charge in [-0.3, -0.25) is 20.4 Å². The number of thioether (sulfide) groups is 1. The minimum atomic E-state index is -0.552. The number of amides is 2. The number of furan rings is 1. The number of rotatable bonds is 7. The van der Waals surface area contributed by atoms with Crippen LogP contribution in [0.25, 0.3) is 0 Å². The molecule has 2 amide bonds. The summed E-state index contributed by atoms with van der Waals surface area (Å²) in [7, 11) is 0. The summed E-state index contributed by atoms with van der Waals surface area (Å²) in [6, 6.07) is 22.1. The van der Waals surface area contributed by atoms with Gasteiger partial charge in [0.15, 0.2) is 5.76 Å². The molecule has 0 aliphatic rings. The summed E-state index contributed by atoms with van der Waals surface area (Å²) >= 11 is 1.40. The summed E-state index contributed by atoms with van der Waals surface area (Å²) in [4.78, 5) is 24.8. The Kier molecular flexibility index (Phi) is 6.92. The van der Waals surface area contributed by atoms with Gasteiger partial charge in [0.1, 0.15) is 18.1 Å².